The summed E-state index contributed by atoms with van der Waals surface area (Å²) in [6.07, 6.45) is -3.11. The highest BCUT2D eigenvalue weighted by Crippen LogP contribution is 2.63. The van der Waals surface area contributed by atoms with Crippen LogP contribution < -0.4 is 0 Å². The fraction of sp³-hybridized carbons (Fsp3) is 0.833. The Morgan fingerprint density at radius 1 is 1.06 bits per heavy atom. The van der Waals surface area contributed by atoms with Crippen molar-refractivity contribution in [2.45, 2.75) is 96.9 Å². The summed E-state index contributed by atoms with van der Waals surface area (Å²) in [6.45, 7) is 10.6. The van der Waals surface area contributed by atoms with Gasteiger partial charge in [-0.3, -0.25) is 9.59 Å². The zero-order chi connectivity index (χ0) is 23.8. The monoisotopic (exact) mass is 452 g/mol. The van der Waals surface area contributed by atoms with Gasteiger partial charge < -0.3 is 29.5 Å². The lowest BCUT2D eigenvalue weighted by molar-refractivity contribution is -0.209. The largest absolute Gasteiger partial charge is 0.458 e. The van der Waals surface area contributed by atoms with Gasteiger partial charge in [-0.05, 0) is 48.7 Å². The van der Waals surface area contributed by atoms with Gasteiger partial charge in [0.15, 0.2) is 6.10 Å². The highest BCUT2D eigenvalue weighted by atomic mass is 16.6. The third-order valence-corrected chi connectivity index (χ3v) is 8.83. The molecule has 1 spiro atoms. The number of fused-ring (bicyclic) bond motifs is 4. The molecule has 8 heteroatoms. The smallest absolute Gasteiger partial charge is 0.303 e. The number of aliphatic hydroxyl groups excluding tert-OH is 3. The average Bonchev–Trinajstić information content (AvgIpc) is 3.45. The number of aliphatic hydroxyl groups is 3. The van der Waals surface area contributed by atoms with Crippen molar-refractivity contribution in [1.29, 1.82) is 0 Å². The molecule has 2 bridgehead atoms. The third-order valence-electron chi connectivity index (χ3n) is 8.83. The van der Waals surface area contributed by atoms with Crippen LogP contribution in [0.4, 0.5) is 0 Å². The molecular formula is C24H36O8. The minimum absolute atomic E-state index is 0.304. The highest BCUT2D eigenvalue weighted by Gasteiger charge is 2.71. The number of epoxide rings is 1. The Labute approximate surface area is 188 Å². The number of carbonyl (C=O) groups excluding carboxylic acids is 2. The zero-order valence-electron chi connectivity index (χ0n) is 19.8. The molecule has 4 rings (SSSR count). The molecule has 1 aliphatic heterocycles. The number of ether oxygens (including phenoxy) is 3. The van der Waals surface area contributed by atoms with Crippen LogP contribution in [0.1, 0.15) is 60.8 Å². The predicted octanol–water partition coefficient (Wildman–Crippen LogP) is 1.49. The maximum absolute atomic E-state index is 12.2. The summed E-state index contributed by atoms with van der Waals surface area (Å²) in [5.74, 6) is -1.91. The van der Waals surface area contributed by atoms with E-state index in [1.54, 1.807) is 0 Å². The van der Waals surface area contributed by atoms with Gasteiger partial charge in [-0.25, -0.2) is 0 Å². The van der Waals surface area contributed by atoms with E-state index in [4.69, 9.17) is 14.2 Å². The first-order valence-electron chi connectivity index (χ1n) is 11.5. The third kappa shape index (κ3) is 3.25. The van der Waals surface area contributed by atoms with Crippen LogP contribution in [0.2, 0.25) is 0 Å². The van der Waals surface area contributed by atoms with Crippen molar-refractivity contribution in [3.63, 3.8) is 0 Å². The quantitative estimate of drug-likeness (QED) is 0.327. The molecule has 1 unspecified atom stereocenters. The molecule has 9 atom stereocenters. The molecule has 0 radical (unpaired) electrons. The van der Waals surface area contributed by atoms with Crippen LogP contribution in [0.25, 0.3) is 0 Å². The van der Waals surface area contributed by atoms with Gasteiger partial charge in [0, 0.05) is 25.2 Å². The molecule has 0 aromatic rings. The van der Waals surface area contributed by atoms with E-state index in [0.717, 1.165) is 5.57 Å². The minimum Gasteiger partial charge on any atom is -0.458 e. The van der Waals surface area contributed by atoms with Crippen molar-refractivity contribution in [3.8, 4) is 0 Å². The Bertz CT molecular complexity index is 843. The number of carbonyl (C=O) groups is 2. The number of rotatable bonds is 2. The lowest BCUT2D eigenvalue weighted by Crippen LogP contribution is -2.67. The second-order valence-corrected chi connectivity index (χ2v) is 11.0. The topological polar surface area (TPSA) is 126 Å². The Hall–Kier alpha value is -1.48. The van der Waals surface area contributed by atoms with Crippen LogP contribution in [0, 0.1) is 22.7 Å². The number of esters is 2. The zero-order valence-corrected chi connectivity index (χ0v) is 19.8. The summed E-state index contributed by atoms with van der Waals surface area (Å²) >= 11 is 0. The van der Waals surface area contributed by atoms with Gasteiger partial charge in [-0.15, -0.1) is 0 Å². The van der Waals surface area contributed by atoms with Crippen molar-refractivity contribution < 1.29 is 39.1 Å². The Balaban J connectivity index is 1.94. The standard InChI is InChI=1S/C24H36O8/c1-11-15(31-12(2)25)9-14-18(28)20-23(6,8-7-16(27)24(20)10-30-24)21(29)19(32-13(3)26)17(11)22(14,4)5/h14-16,18-21,27-29H,7-10H2,1-6H3/t14-,15?,16-,18+,19+,20-,21-,23+,24-/m0/s1. The van der Waals surface area contributed by atoms with Gasteiger partial charge in [0.25, 0.3) is 0 Å². The van der Waals surface area contributed by atoms with E-state index in [-0.39, 0.29) is 5.92 Å². The molecule has 3 aliphatic carbocycles. The maximum atomic E-state index is 12.2. The Kier molecular flexibility index (Phi) is 5.56. The lowest BCUT2D eigenvalue weighted by Gasteiger charge is -2.60. The molecule has 0 aromatic carbocycles. The minimum atomic E-state index is -1.14. The van der Waals surface area contributed by atoms with Crippen molar-refractivity contribution in [2.24, 2.45) is 22.7 Å². The summed E-state index contributed by atoms with van der Waals surface area (Å²) in [5.41, 5.74) is -1.02. The van der Waals surface area contributed by atoms with Gasteiger partial charge in [0.2, 0.25) is 0 Å². The summed E-state index contributed by atoms with van der Waals surface area (Å²) in [7, 11) is 0. The predicted molar refractivity (Wildman–Crippen MR) is 113 cm³/mol. The first kappa shape index (κ1) is 23.7. The molecule has 4 aliphatic rings. The van der Waals surface area contributed by atoms with Gasteiger partial charge >= 0.3 is 11.9 Å². The molecule has 180 valence electrons. The van der Waals surface area contributed by atoms with Gasteiger partial charge in [0.05, 0.1) is 18.8 Å². The average molecular weight is 453 g/mol. The molecule has 8 nitrogen and oxygen atoms in total. The van der Waals surface area contributed by atoms with Crippen LogP contribution in [0.3, 0.4) is 0 Å². The molecule has 3 fully saturated rings. The number of hydrogen-bond acceptors (Lipinski definition) is 8. The van der Waals surface area contributed by atoms with Crippen LogP contribution in [-0.4, -0.2) is 70.0 Å². The first-order valence-corrected chi connectivity index (χ1v) is 11.5. The van der Waals surface area contributed by atoms with E-state index in [9.17, 15) is 24.9 Å². The molecule has 1 heterocycles. The fourth-order valence-electron chi connectivity index (χ4n) is 7.19. The van der Waals surface area contributed by atoms with E-state index in [1.807, 2.05) is 27.7 Å². The molecule has 32 heavy (non-hydrogen) atoms. The van der Waals surface area contributed by atoms with Crippen LogP contribution >= 0.6 is 0 Å². The van der Waals surface area contributed by atoms with E-state index >= 15 is 0 Å². The second kappa shape index (κ2) is 7.52. The molecular weight excluding hydrogens is 416 g/mol. The van der Waals surface area contributed by atoms with E-state index in [1.165, 1.54) is 13.8 Å². The van der Waals surface area contributed by atoms with Crippen LogP contribution in [0.5, 0.6) is 0 Å². The molecule has 2 saturated carbocycles. The maximum Gasteiger partial charge on any atom is 0.303 e. The molecule has 1 saturated heterocycles. The van der Waals surface area contributed by atoms with E-state index < -0.39 is 64.8 Å². The van der Waals surface area contributed by atoms with Gasteiger partial charge in [-0.1, -0.05) is 20.8 Å². The highest BCUT2D eigenvalue weighted by molar-refractivity contribution is 5.67. The van der Waals surface area contributed by atoms with Crippen LogP contribution in [-0.2, 0) is 23.8 Å². The van der Waals surface area contributed by atoms with E-state index in [2.05, 4.69) is 0 Å². The first-order chi connectivity index (χ1) is 14.8. The summed E-state index contributed by atoms with van der Waals surface area (Å²) in [6, 6.07) is 0. The van der Waals surface area contributed by atoms with Crippen molar-refractivity contribution in [3.05, 3.63) is 11.1 Å². The SMILES string of the molecule is CC(=O)OC1C[C@H]2[C@@H](O)[C@H]3[C@@](C)(CC[C@H](O)[C@@]34CO4)[C@@H](O)[C@H](OC(C)=O)C(=C1C)C2(C)C. The Morgan fingerprint density at radius 2 is 1.66 bits per heavy atom. The number of hydrogen-bond donors (Lipinski definition) is 3. The molecule has 3 N–H and O–H groups in total. The van der Waals surface area contributed by atoms with Crippen molar-refractivity contribution in [2.75, 3.05) is 6.61 Å². The van der Waals surface area contributed by atoms with E-state index in [0.29, 0.717) is 31.4 Å². The summed E-state index contributed by atoms with van der Waals surface area (Å²) in [5, 5.41) is 34.5. The Morgan fingerprint density at radius 3 is 2.19 bits per heavy atom. The van der Waals surface area contributed by atoms with Crippen molar-refractivity contribution >= 4 is 11.9 Å². The molecule has 0 amide bonds. The normalized spacial score (nSPS) is 47.2. The van der Waals surface area contributed by atoms with Gasteiger partial charge in [-0.2, -0.15) is 0 Å². The van der Waals surface area contributed by atoms with Crippen LogP contribution in [0.15, 0.2) is 11.1 Å². The summed E-state index contributed by atoms with van der Waals surface area (Å²) < 4.78 is 17.2. The molecule has 0 aromatic heterocycles. The lowest BCUT2D eigenvalue weighted by atomic mass is 9.48. The summed E-state index contributed by atoms with van der Waals surface area (Å²) in [4.78, 5) is 24.0. The van der Waals surface area contributed by atoms with Crippen molar-refractivity contribution in [1.82, 2.24) is 0 Å². The van der Waals surface area contributed by atoms with Gasteiger partial charge in [0.1, 0.15) is 17.8 Å². The second-order valence-electron chi connectivity index (χ2n) is 11.0. The fourth-order valence-corrected chi connectivity index (χ4v) is 7.19.